The van der Waals surface area contributed by atoms with Crippen molar-refractivity contribution in [3.05, 3.63) is 52.6 Å². The van der Waals surface area contributed by atoms with Gasteiger partial charge in [-0.2, -0.15) is 0 Å². The van der Waals surface area contributed by atoms with Gasteiger partial charge in [0.15, 0.2) is 0 Å². The lowest BCUT2D eigenvalue weighted by Crippen LogP contribution is -2.32. The zero-order valence-corrected chi connectivity index (χ0v) is 11.4. The predicted octanol–water partition coefficient (Wildman–Crippen LogP) is 1.87. The highest BCUT2D eigenvalue weighted by molar-refractivity contribution is 6.22. The van der Waals surface area contributed by atoms with Gasteiger partial charge in [0, 0.05) is 25.4 Å². The zero-order chi connectivity index (χ0) is 14.3. The van der Waals surface area contributed by atoms with Gasteiger partial charge in [0.05, 0.1) is 11.1 Å². The van der Waals surface area contributed by atoms with Gasteiger partial charge in [-0.1, -0.05) is 12.1 Å². The number of hydrogen-bond acceptors (Lipinski definition) is 3. The van der Waals surface area contributed by atoms with Gasteiger partial charge in [-0.25, -0.2) is 4.98 Å². The first-order valence-corrected chi connectivity index (χ1v) is 6.54. The van der Waals surface area contributed by atoms with Crippen LogP contribution in [-0.2, 0) is 6.42 Å². The SMILES string of the molecule is Cc1ccc(C)c2c1C(=O)N(CCc1ncc[nH]1)C2=O. The standard InChI is InChI=1S/C15H15N3O2/c1-9-3-4-10(2)13-12(9)14(19)18(15(13)20)8-5-11-16-6-7-17-11/h3-4,6-7H,5,8H2,1-2H3,(H,16,17). The highest BCUT2D eigenvalue weighted by Gasteiger charge is 2.37. The highest BCUT2D eigenvalue weighted by atomic mass is 16.2. The molecule has 0 radical (unpaired) electrons. The molecule has 0 spiro atoms. The van der Waals surface area contributed by atoms with Crippen molar-refractivity contribution in [2.75, 3.05) is 6.54 Å². The van der Waals surface area contributed by atoms with Gasteiger partial charge in [0.2, 0.25) is 0 Å². The van der Waals surface area contributed by atoms with Crippen LogP contribution in [0.5, 0.6) is 0 Å². The molecular weight excluding hydrogens is 254 g/mol. The predicted molar refractivity (Wildman–Crippen MR) is 73.6 cm³/mol. The van der Waals surface area contributed by atoms with Crippen molar-refractivity contribution in [2.24, 2.45) is 0 Å². The van der Waals surface area contributed by atoms with Crippen molar-refractivity contribution in [3.63, 3.8) is 0 Å². The lowest BCUT2D eigenvalue weighted by atomic mass is 9.99. The molecule has 1 aromatic carbocycles. The Morgan fingerprint density at radius 3 is 2.20 bits per heavy atom. The Morgan fingerprint density at radius 1 is 1.10 bits per heavy atom. The third-order valence-electron chi connectivity index (χ3n) is 3.67. The molecule has 1 aliphatic heterocycles. The van der Waals surface area contributed by atoms with E-state index in [1.165, 1.54) is 4.90 Å². The van der Waals surface area contributed by atoms with E-state index < -0.39 is 0 Å². The summed E-state index contributed by atoms with van der Waals surface area (Å²) >= 11 is 0. The van der Waals surface area contributed by atoms with Crippen molar-refractivity contribution in [3.8, 4) is 0 Å². The summed E-state index contributed by atoms with van der Waals surface area (Å²) in [5.41, 5.74) is 2.80. The molecule has 5 nitrogen and oxygen atoms in total. The van der Waals surface area contributed by atoms with Crippen LogP contribution in [0, 0.1) is 13.8 Å². The molecule has 102 valence electrons. The second kappa shape index (κ2) is 4.59. The van der Waals surface area contributed by atoms with Gasteiger partial charge in [-0.3, -0.25) is 14.5 Å². The molecule has 0 atom stereocenters. The number of nitrogens with zero attached hydrogens (tertiary/aromatic N) is 2. The molecule has 0 fully saturated rings. The topological polar surface area (TPSA) is 66.1 Å². The summed E-state index contributed by atoms with van der Waals surface area (Å²) in [6, 6.07) is 3.77. The summed E-state index contributed by atoms with van der Waals surface area (Å²) in [6.07, 6.45) is 3.93. The number of carbonyl (C=O) groups is 2. The number of imide groups is 1. The molecular formula is C15H15N3O2. The van der Waals surface area contributed by atoms with Crippen molar-refractivity contribution in [1.29, 1.82) is 0 Å². The number of aryl methyl sites for hydroxylation is 2. The lowest BCUT2D eigenvalue weighted by Gasteiger charge is -2.12. The minimum atomic E-state index is -0.197. The van der Waals surface area contributed by atoms with Crippen LogP contribution < -0.4 is 0 Å². The quantitative estimate of drug-likeness (QED) is 0.865. The Bertz CT molecular complexity index is 648. The van der Waals surface area contributed by atoms with Crippen LogP contribution in [0.4, 0.5) is 0 Å². The van der Waals surface area contributed by atoms with Gasteiger partial charge in [-0.15, -0.1) is 0 Å². The molecule has 1 aromatic heterocycles. The first kappa shape index (κ1) is 12.6. The molecule has 0 saturated heterocycles. The minimum Gasteiger partial charge on any atom is -0.349 e. The zero-order valence-electron chi connectivity index (χ0n) is 11.4. The summed E-state index contributed by atoms with van der Waals surface area (Å²) in [7, 11) is 0. The van der Waals surface area contributed by atoms with Crippen molar-refractivity contribution < 1.29 is 9.59 Å². The van der Waals surface area contributed by atoms with Gasteiger partial charge in [0.25, 0.3) is 11.8 Å². The second-order valence-electron chi connectivity index (χ2n) is 5.00. The number of hydrogen-bond donors (Lipinski definition) is 1. The average molecular weight is 269 g/mol. The Balaban J connectivity index is 1.89. The number of benzene rings is 1. The largest absolute Gasteiger partial charge is 0.349 e. The van der Waals surface area contributed by atoms with E-state index in [1.54, 1.807) is 12.4 Å². The molecule has 1 N–H and O–H groups in total. The fourth-order valence-electron chi connectivity index (χ4n) is 2.58. The summed E-state index contributed by atoms with van der Waals surface area (Å²) in [6.45, 7) is 4.07. The third kappa shape index (κ3) is 1.82. The summed E-state index contributed by atoms with van der Waals surface area (Å²) in [4.78, 5) is 33.2. The summed E-state index contributed by atoms with van der Waals surface area (Å²) in [5, 5.41) is 0. The number of H-pyrrole nitrogens is 1. The second-order valence-corrected chi connectivity index (χ2v) is 5.00. The number of amides is 2. The first-order chi connectivity index (χ1) is 9.59. The molecule has 2 heterocycles. The molecule has 5 heteroatoms. The van der Waals surface area contributed by atoms with E-state index in [9.17, 15) is 9.59 Å². The number of aromatic amines is 1. The summed E-state index contributed by atoms with van der Waals surface area (Å²) in [5.74, 6) is 0.380. The van der Waals surface area contributed by atoms with Crippen molar-refractivity contribution in [2.45, 2.75) is 20.3 Å². The van der Waals surface area contributed by atoms with E-state index in [0.717, 1.165) is 17.0 Å². The lowest BCUT2D eigenvalue weighted by molar-refractivity contribution is 0.0655. The Morgan fingerprint density at radius 2 is 1.70 bits per heavy atom. The molecule has 20 heavy (non-hydrogen) atoms. The molecule has 2 amide bonds. The van der Waals surface area contributed by atoms with Crippen LogP contribution in [0.15, 0.2) is 24.5 Å². The van der Waals surface area contributed by atoms with E-state index in [2.05, 4.69) is 9.97 Å². The fraction of sp³-hybridized carbons (Fsp3) is 0.267. The maximum Gasteiger partial charge on any atom is 0.261 e. The molecule has 1 aliphatic rings. The van der Waals surface area contributed by atoms with E-state index in [-0.39, 0.29) is 11.8 Å². The van der Waals surface area contributed by atoms with Crippen LogP contribution in [-0.4, -0.2) is 33.2 Å². The molecule has 0 aliphatic carbocycles. The maximum atomic E-state index is 12.4. The monoisotopic (exact) mass is 269 g/mol. The number of rotatable bonds is 3. The number of fused-ring (bicyclic) bond motifs is 1. The molecule has 2 aromatic rings. The number of imidazole rings is 1. The number of aromatic nitrogens is 2. The minimum absolute atomic E-state index is 0.197. The molecule has 0 unspecified atom stereocenters. The fourth-order valence-corrected chi connectivity index (χ4v) is 2.58. The number of nitrogens with one attached hydrogen (secondary N) is 1. The van der Waals surface area contributed by atoms with Gasteiger partial charge >= 0.3 is 0 Å². The van der Waals surface area contributed by atoms with E-state index in [0.29, 0.717) is 24.1 Å². The highest BCUT2D eigenvalue weighted by Crippen LogP contribution is 2.28. The first-order valence-electron chi connectivity index (χ1n) is 6.54. The van der Waals surface area contributed by atoms with Crippen molar-refractivity contribution >= 4 is 11.8 Å². The van der Waals surface area contributed by atoms with E-state index >= 15 is 0 Å². The van der Waals surface area contributed by atoms with Gasteiger partial charge < -0.3 is 4.98 Å². The van der Waals surface area contributed by atoms with Crippen LogP contribution in [0.3, 0.4) is 0 Å². The van der Waals surface area contributed by atoms with E-state index in [1.807, 2.05) is 26.0 Å². The molecule has 3 rings (SSSR count). The Kier molecular flexibility index (Phi) is 2.89. The Hall–Kier alpha value is -2.43. The normalized spacial score (nSPS) is 14.0. The smallest absolute Gasteiger partial charge is 0.261 e. The third-order valence-corrected chi connectivity index (χ3v) is 3.67. The van der Waals surface area contributed by atoms with Gasteiger partial charge in [0.1, 0.15) is 5.82 Å². The van der Waals surface area contributed by atoms with Gasteiger partial charge in [-0.05, 0) is 25.0 Å². The molecule has 0 saturated carbocycles. The molecule has 0 bridgehead atoms. The average Bonchev–Trinajstić information content (AvgIpc) is 3.01. The van der Waals surface area contributed by atoms with Crippen molar-refractivity contribution in [1.82, 2.24) is 14.9 Å². The van der Waals surface area contributed by atoms with E-state index in [4.69, 9.17) is 0 Å². The maximum absolute atomic E-state index is 12.4. The van der Waals surface area contributed by atoms with Crippen LogP contribution >= 0.6 is 0 Å². The Labute approximate surface area is 116 Å². The number of carbonyl (C=O) groups excluding carboxylic acids is 2. The van der Waals surface area contributed by atoms with Crippen LogP contribution in [0.25, 0.3) is 0 Å². The van der Waals surface area contributed by atoms with Crippen LogP contribution in [0.1, 0.15) is 37.7 Å². The summed E-state index contributed by atoms with van der Waals surface area (Å²) < 4.78 is 0. The van der Waals surface area contributed by atoms with Crippen LogP contribution in [0.2, 0.25) is 0 Å².